The summed E-state index contributed by atoms with van der Waals surface area (Å²) in [6.07, 6.45) is 5.75. The molecular weight excluding hydrogens is 148 g/mol. The Morgan fingerprint density at radius 3 is 2.60 bits per heavy atom. The summed E-state index contributed by atoms with van der Waals surface area (Å²) in [5.41, 5.74) is 0. The predicted octanol–water partition coefficient (Wildman–Crippen LogP) is 1.56. The van der Waals surface area contributed by atoms with Crippen LogP contribution in [-0.2, 0) is 11.1 Å². The molecule has 1 aliphatic carbocycles. The highest BCUT2D eigenvalue weighted by Crippen LogP contribution is 2.19. The number of rotatable bonds is 1. The van der Waals surface area contributed by atoms with Crippen LogP contribution in [0.15, 0.2) is 12.2 Å². The van der Waals surface area contributed by atoms with Gasteiger partial charge in [-0.3, -0.25) is 0 Å². The molecule has 1 rings (SSSR count). The third-order valence-electron chi connectivity index (χ3n) is 1.82. The smallest absolute Gasteiger partial charge is 0.159 e. The maximum Gasteiger partial charge on any atom is 0.159 e. The maximum absolute atomic E-state index is 10.5. The van der Waals surface area contributed by atoms with Crippen molar-refractivity contribution in [3.8, 4) is 0 Å². The molecule has 0 heterocycles. The van der Waals surface area contributed by atoms with Crippen LogP contribution >= 0.6 is 0 Å². The molecule has 0 aromatic carbocycles. The van der Waals surface area contributed by atoms with Crippen LogP contribution in [0.4, 0.5) is 0 Å². The highest BCUT2D eigenvalue weighted by atomic mass is 32.2. The van der Waals surface area contributed by atoms with Crippen molar-refractivity contribution in [3.63, 3.8) is 0 Å². The van der Waals surface area contributed by atoms with E-state index in [-0.39, 0.29) is 5.25 Å². The molecule has 0 amide bonds. The molecule has 0 aromatic heterocycles. The minimum atomic E-state index is -1.65. The van der Waals surface area contributed by atoms with Crippen molar-refractivity contribution in [2.75, 3.05) is 0 Å². The molecule has 0 aliphatic heterocycles. The van der Waals surface area contributed by atoms with Crippen LogP contribution in [0.1, 0.15) is 19.8 Å². The molecule has 58 valence electrons. The van der Waals surface area contributed by atoms with Gasteiger partial charge in [0.15, 0.2) is 11.1 Å². The first kappa shape index (κ1) is 7.95. The zero-order valence-electron chi connectivity index (χ0n) is 5.99. The van der Waals surface area contributed by atoms with E-state index < -0.39 is 11.1 Å². The first-order valence-electron chi connectivity index (χ1n) is 3.48. The average Bonchev–Trinajstić information content (AvgIpc) is 1.88. The number of hydrogen-bond acceptors (Lipinski definition) is 1. The van der Waals surface area contributed by atoms with Crippen molar-refractivity contribution in [1.82, 2.24) is 0 Å². The van der Waals surface area contributed by atoms with E-state index in [4.69, 9.17) is 4.55 Å². The minimum Gasteiger partial charge on any atom is -0.306 e. The Morgan fingerprint density at radius 1 is 1.50 bits per heavy atom. The highest BCUT2D eigenvalue weighted by Gasteiger charge is 2.16. The van der Waals surface area contributed by atoms with Crippen molar-refractivity contribution >= 4 is 11.1 Å². The van der Waals surface area contributed by atoms with Gasteiger partial charge in [-0.15, -0.1) is 0 Å². The van der Waals surface area contributed by atoms with E-state index in [0.29, 0.717) is 5.92 Å². The summed E-state index contributed by atoms with van der Waals surface area (Å²) in [5.74, 6) is 0.583. The lowest BCUT2D eigenvalue weighted by Gasteiger charge is -2.16. The van der Waals surface area contributed by atoms with Crippen molar-refractivity contribution in [2.24, 2.45) is 5.92 Å². The van der Waals surface area contributed by atoms with Gasteiger partial charge >= 0.3 is 0 Å². The largest absolute Gasteiger partial charge is 0.306 e. The van der Waals surface area contributed by atoms with Crippen molar-refractivity contribution in [1.29, 1.82) is 0 Å². The Kier molecular flexibility index (Phi) is 2.63. The van der Waals surface area contributed by atoms with Crippen LogP contribution in [-0.4, -0.2) is 14.0 Å². The number of hydrogen-bond donors (Lipinski definition) is 1. The standard InChI is InChI=1S/C7H12O2S/c1-6-2-4-7(5-3-6)10(8)9/h2,4,6-7H,3,5H2,1H3,(H,8,9). The molecule has 3 unspecified atom stereocenters. The monoisotopic (exact) mass is 160 g/mol. The van der Waals surface area contributed by atoms with Gasteiger partial charge < -0.3 is 4.55 Å². The van der Waals surface area contributed by atoms with Crippen LogP contribution < -0.4 is 0 Å². The number of allylic oxidation sites excluding steroid dienone is 1. The van der Waals surface area contributed by atoms with Gasteiger partial charge in [0.05, 0.1) is 5.25 Å². The molecule has 0 spiro atoms. The van der Waals surface area contributed by atoms with Gasteiger partial charge in [0.2, 0.25) is 0 Å². The molecule has 2 nitrogen and oxygen atoms in total. The van der Waals surface area contributed by atoms with Gasteiger partial charge in [0.25, 0.3) is 0 Å². The van der Waals surface area contributed by atoms with Crippen molar-refractivity contribution in [3.05, 3.63) is 12.2 Å². The van der Waals surface area contributed by atoms with Gasteiger partial charge in [-0.1, -0.05) is 19.1 Å². The van der Waals surface area contributed by atoms with Crippen molar-refractivity contribution < 1.29 is 8.76 Å². The molecule has 10 heavy (non-hydrogen) atoms. The Hall–Kier alpha value is -0.150. The molecule has 0 saturated heterocycles. The molecular formula is C7H12O2S. The second-order valence-electron chi connectivity index (χ2n) is 2.75. The Morgan fingerprint density at radius 2 is 2.20 bits per heavy atom. The summed E-state index contributed by atoms with van der Waals surface area (Å²) in [6.45, 7) is 2.12. The lowest BCUT2D eigenvalue weighted by Crippen LogP contribution is -2.16. The van der Waals surface area contributed by atoms with E-state index >= 15 is 0 Å². The molecule has 0 aromatic rings. The van der Waals surface area contributed by atoms with Gasteiger partial charge in [0.1, 0.15) is 0 Å². The van der Waals surface area contributed by atoms with Crippen LogP contribution in [0.3, 0.4) is 0 Å². The van der Waals surface area contributed by atoms with E-state index in [9.17, 15) is 4.21 Å². The lowest BCUT2D eigenvalue weighted by molar-refractivity contribution is 0.527. The molecule has 0 saturated carbocycles. The van der Waals surface area contributed by atoms with Gasteiger partial charge in [-0.2, -0.15) is 0 Å². The van der Waals surface area contributed by atoms with E-state index in [1.807, 2.05) is 12.2 Å². The topological polar surface area (TPSA) is 37.3 Å². The highest BCUT2D eigenvalue weighted by molar-refractivity contribution is 7.80. The average molecular weight is 160 g/mol. The van der Waals surface area contributed by atoms with Crippen LogP contribution in [0.25, 0.3) is 0 Å². The first-order chi connectivity index (χ1) is 4.70. The van der Waals surface area contributed by atoms with E-state index in [0.717, 1.165) is 12.8 Å². The minimum absolute atomic E-state index is 0.115. The maximum atomic E-state index is 10.5. The van der Waals surface area contributed by atoms with Gasteiger partial charge in [-0.25, -0.2) is 4.21 Å². The van der Waals surface area contributed by atoms with Crippen LogP contribution in [0.5, 0.6) is 0 Å². The third-order valence-corrected chi connectivity index (χ3v) is 2.73. The molecule has 3 heteroatoms. The zero-order valence-corrected chi connectivity index (χ0v) is 6.80. The summed E-state index contributed by atoms with van der Waals surface area (Å²) < 4.78 is 19.2. The SMILES string of the molecule is CC1C=CC(S(=O)O)CC1. The fourth-order valence-electron chi connectivity index (χ4n) is 1.10. The van der Waals surface area contributed by atoms with Crippen LogP contribution in [0, 0.1) is 5.92 Å². The summed E-state index contributed by atoms with van der Waals surface area (Å²) in [7, 11) is 0. The second-order valence-corrected chi connectivity index (χ2v) is 3.91. The van der Waals surface area contributed by atoms with Gasteiger partial charge in [0, 0.05) is 0 Å². The fraction of sp³-hybridized carbons (Fsp3) is 0.714. The predicted molar refractivity (Wildman–Crippen MR) is 42.1 cm³/mol. The lowest BCUT2D eigenvalue weighted by atomic mass is 9.98. The Balaban J connectivity index is 2.53. The fourth-order valence-corrected chi connectivity index (χ4v) is 1.66. The Labute approximate surface area is 63.6 Å². The first-order valence-corrected chi connectivity index (χ1v) is 4.65. The summed E-state index contributed by atoms with van der Waals surface area (Å²) >= 11 is -1.65. The summed E-state index contributed by atoms with van der Waals surface area (Å²) in [6, 6.07) is 0. The zero-order chi connectivity index (χ0) is 7.56. The molecule has 0 fully saturated rings. The van der Waals surface area contributed by atoms with E-state index in [1.165, 1.54) is 0 Å². The van der Waals surface area contributed by atoms with Crippen molar-refractivity contribution in [2.45, 2.75) is 25.0 Å². The quantitative estimate of drug-likeness (QED) is 0.467. The second kappa shape index (κ2) is 3.30. The van der Waals surface area contributed by atoms with E-state index in [2.05, 4.69) is 6.92 Å². The molecule has 1 aliphatic rings. The molecule has 3 atom stereocenters. The van der Waals surface area contributed by atoms with Gasteiger partial charge in [-0.05, 0) is 18.8 Å². The molecule has 0 bridgehead atoms. The summed E-state index contributed by atoms with van der Waals surface area (Å²) in [5, 5.41) is -0.115. The van der Waals surface area contributed by atoms with Crippen LogP contribution in [0.2, 0.25) is 0 Å². The summed E-state index contributed by atoms with van der Waals surface area (Å²) in [4.78, 5) is 0. The molecule has 1 N–H and O–H groups in total. The Bertz CT molecular complexity index is 165. The normalized spacial score (nSPS) is 35.8. The third kappa shape index (κ3) is 1.92. The molecule has 0 radical (unpaired) electrons. The van der Waals surface area contributed by atoms with E-state index in [1.54, 1.807) is 0 Å².